The highest BCUT2D eigenvalue weighted by atomic mass is 16.3. The summed E-state index contributed by atoms with van der Waals surface area (Å²) in [7, 11) is 31.1. The Bertz CT molecular complexity index is 3070. The van der Waals surface area contributed by atoms with Gasteiger partial charge in [0.05, 0.1) is 22.3 Å². The van der Waals surface area contributed by atoms with Crippen molar-refractivity contribution < 1.29 is 4.42 Å². The summed E-state index contributed by atoms with van der Waals surface area (Å²) < 4.78 is 9.20. The first kappa shape index (κ1) is 33.1. The van der Waals surface area contributed by atoms with Gasteiger partial charge in [0.1, 0.15) is 44.8 Å². The normalized spacial score (nSPS) is 11.6. The van der Waals surface area contributed by atoms with Crippen LogP contribution in [0.3, 0.4) is 0 Å². The lowest BCUT2D eigenvalue weighted by molar-refractivity contribution is 0.667. The van der Waals surface area contributed by atoms with Crippen molar-refractivity contribution in [1.82, 2.24) is 19.5 Å². The highest BCUT2D eigenvalue weighted by Crippen LogP contribution is 2.40. The molecule has 244 valence electrons. The van der Waals surface area contributed by atoms with E-state index in [0.29, 0.717) is 28.6 Å². The lowest BCUT2D eigenvalue weighted by atomic mass is 9.59. The molecular weight excluding hydrogens is 667 g/mol. The number of rotatable bonds is 5. The molecule has 10 radical (unpaired) electrons. The second kappa shape index (κ2) is 12.8. The van der Waals surface area contributed by atoms with Crippen LogP contribution in [-0.4, -0.2) is 58.8 Å². The molecule has 0 bridgehead atoms. The molecule has 7 aromatic carbocycles. The van der Waals surface area contributed by atoms with Gasteiger partial charge in [-0.25, -0.2) is 15.0 Å². The van der Waals surface area contributed by atoms with Crippen LogP contribution in [0.4, 0.5) is 0 Å². The largest absolute Gasteiger partial charge is 0.453 e. The fraction of sp³-hybridized carbons (Fsp3) is 0. The van der Waals surface area contributed by atoms with Gasteiger partial charge in [0.15, 0.2) is 23.1 Å². The van der Waals surface area contributed by atoms with E-state index in [1.807, 2.05) is 66.7 Å². The molecule has 0 unspecified atom stereocenters. The maximum absolute atomic E-state index is 6.92. The fourth-order valence-corrected chi connectivity index (χ4v) is 7.63. The Morgan fingerprint density at radius 2 is 0.855 bits per heavy atom. The molecule has 3 aromatic heterocycles. The Morgan fingerprint density at radius 1 is 0.382 bits per heavy atom. The maximum atomic E-state index is 6.92. The SMILES string of the molecule is [B]c1c([B])c([B])c(-c2ccc(-c3nc(-c4ccccc4)nc(-c4cccc5c4oc4c(-n6c7ccccc7c7ccccc76)cccc45)n3)cc2)c([B])c1[B]. The zero-order valence-electron chi connectivity index (χ0n) is 29.4. The van der Waals surface area contributed by atoms with Crippen molar-refractivity contribution in [3.63, 3.8) is 0 Å². The fourth-order valence-electron chi connectivity index (χ4n) is 7.63. The van der Waals surface area contributed by atoms with E-state index >= 15 is 0 Å². The molecular formula is C45H23B5N4O. The molecule has 0 atom stereocenters. The second-order valence-corrected chi connectivity index (χ2v) is 13.5. The maximum Gasteiger partial charge on any atom is 0.167 e. The van der Waals surface area contributed by atoms with E-state index in [-0.39, 0.29) is 27.3 Å². The number of hydrogen-bond donors (Lipinski definition) is 0. The number of furan rings is 1. The average molecular weight is 690 g/mol. The van der Waals surface area contributed by atoms with Gasteiger partial charge in [-0.3, -0.25) is 0 Å². The lowest BCUT2D eigenvalue weighted by Gasteiger charge is -2.21. The monoisotopic (exact) mass is 690 g/mol. The van der Waals surface area contributed by atoms with Crippen LogP contribution in [0.1, 0.15) is 0 Å². The molecule has 0 N–H and O–H groups in total. The molecule has 0 saturated carbocycles. The van der Waals surface area contributed by atoms with Crippen molar-refractivity contribution in [2.45, 2.75) is 0 Å². The van der Waals surface area contributed by atoms with Crippen molar-refractivity contribution in [2.75, 3.05) is 0 Å². The first-order valence-electron chi connectivity index (χ1n) is 17.7. The van der Waals surface area contributed by atoms with E-state index in [1.54, 1.807) is 0 Å². The van der Waals surface area contributed by atoms with Crippen LogP contribution in [0.2, 0.25) is 0 Å². The minimum atomic E-state index is 0.170. The topological polar surface area (TPSA) is 56.7 Å². The summed E-state index contributed by atoms with van der Waals surface area (Å²) in [5.41, 5.74) is 9.30. The molecule has 0 amide bonds. The molecule has 10 aromatic rings. The van der Waals surface area contributed by atoms with Gasteiger partial charge in [-0.15, -0.1) is 16.4 Å². The molecule has 0 fully saturated rings. The Labute approximate surface area is 323 Å². The minimum Gasteiger partial charge on any atom is -0.453 e. The standard InChI is InChI=1S/C45H23B5N4O/c46-36-35(37(47)39(49)40(50)38(36)48)24-20-22-26(23-21-24)44-51-43(25-10-2-1-3-11-25)52-45(53-44)31-16-8-14-29-30-15-9-19-34(42(30)55-41(29)31)54-32-17-6-4-12-27(32)28-13-5-7-18-33(28)54/h1-23H. The quantitative estimate of drug-likeness (QED) is 0.224. The van der Waals surface area contributed by atoms with Crippen LogP contribution >= 0.6 is 0 Å². The van der Waals surface area contributed by atoms with Crippen molar-refractivity contribution in [3.05, 3.63) is 140 Å². The minimum absolute atomic E-state index is 0.170. The Hall–Kier alpha value is -6.53. The summed E-state index contributed by atoms with van der Waals surface area (Å²) in [4.78, 5) is 15.0. The molecule has 55 heavy (non-hydrogen) atoms. The molecule has 3 heterocycles. The molecule has 0 aliphatic heterocycles. The Morgan fingerprint density at radius 3 is 1.49 bits per heavy atom. The van der Waals surface area contributed by atoms with Crippen LogP contribution < -0.4 is 27.3 Å². The first-order valence-corrected chi connectivity index (χ1v) is 17.7. The summed E-state index contributed by atoms with van der Waals surface area (Å²) >= 11 is 0. The van der Waals surface area contributed by atoms with E-state index in [0.717, 1.165) is 55.3 Å². The molecule has 10 heteroatoms. The first-order chi connectivity index (χ1) is 26.9. The van der Waals surface area contributed by atoms with Crippen molar-refractivity contribution in [3.8, 4) is 51.0 Å². The number of fused-ring (bicyclic) bond motifs is 6. The number of aromatic nitrogens is 4. The predicted molar refractivity (Wildman–Crippen MR) is 230 cm³/mol. The van der Waals surface area contributed by atoms with E-state index in [4.69, 9.17) is 58.6 Å². The number of benzene rings is 7. The van der Waals surface area contributed by atoms with Gasteiger partial charge in [0.25, 0.3) is 0 Å². The van der Waals surface area contributed by atoms with Crippen LogP contribution in [0.25, 0.3) is 94.7 Å². The summed E-state index contributed by atoms with van der Waals surface area (Å²) in [5, 5.41) is 4.31. The number of hydrogen-bond acceptors (Lipinski definition) is 4. The average Bonchev–Trinajstić information content (AvgIpc) is 3.79. The molecule has 5 nitrogen and oxygen atoms in total. The van der Waals surface area contributed by atoms with Crippen LogP contribution in [-0.2, 0) is 0 Å². The van der Waals surface area contributed by atoms with Crippen LogP contribution in [0.5, 0.6) is 0 Å². The third kappa shape index (κ3) is 5.19. The molecule has 0 saturated heterocycles. The third-order valence-electron chi connectivity index (χ3n) is 10.4. The van der Waals surface area contributed by atoms with Crippen molar-refractivity contribution >= 4 is 110 Å². The summed E-state index contributed by atoms with van der Waals surface area (Å²) in [6.45, 7) is 0. The lowest BCUT2D eigenvalue weighted by Crippen LogP contribution is -2.55. The highest BCUT2D eigenvalue weighted by Gasteiger charge is 2.21. The number of nitrogens with zero attached hydrogens (tertiary/aromatic N) is 4. The van der Waals surface area contributed by atoms with Gasteiger partial charge >= 0.3 is 0 Å². The molecule has 10 rings (SSSR count). The van der Waals surface area contributed by atoms with Gasteiger partial charge in [0.2, 0.25) is 0 Å². The number of para-hydroxylation sites is 4. The van der Waals surface area contributed by atoms with E-state index in [2.05, 4.69) is 77.4 Å². The van der Waals surface area contributed by atoms with Crippen molar-refractivity contribution in [1.29, 1.82) is 0 Å². The van der Waals surface area contributed by atoms with Gasteiger partial charge in [0, 0.05) is 32.7 Å². The van der Waals surface area contributed by atoms with Gasteiger partial charge < -0.3 is 8.98 Å². The van der Waals surface area contributed by atoms with E-state index in [9.17, 15) is 0 Å². The summed E-state index contributed by atoms with van der Waals surface area (Å²) in [5.74, 6) is 1.48. The van der Waals surface area contributed by atoms with Gasteiger partial charge in [-0.2, -0.15) is 0 Å². The third-order valence-corrected chi connectivity index (χ3v) is 10.4. The van der Waals surface area contributed by atoms with Gasteiger partial charge in [-0.05, 0) is 35.4 Å². The van der Waals surface area contributed by atoms with Crippen LogP contribution in [0, 0.1) is 0 Å². The molecule has 0 spiro atoms. The highest BCUT2D eigenvalue weighted by molar-refractivity contribution is 6.68. The second-order valence-electron chi connectivity index (χ2n) is 13.5. The zero-order valence-corrected chi connectivity index (χ0v) is 29.4. The smallest absolute Gasteiger partial charge is 0.167 e. The predicted octanol–water partition coefficient (Wildman–Crippen LogP) is 5.51. The zero-order chi connectivity index (χ0) is 37.4. The van der Waals surface area contributed by atoms with Gasteiger partial charge in [-0.1, -0.05) is 126 Å². The summed E-state index contributed by atoms with van der Waals surface area (Å²) in [6, 6.07) is 46.7. The van der Waals surface area contributed by atoms with Crippen LogP contribution in [0.15, 0.2) is 144 Å². The Balaban J connectivity index is 1.16. The van der Waals surface area contributed by atoms with E-state index in [1.165, 1.54) is 10.8 Å². The van der Waals surface area contributed by atoms with Crippen molar-refractivity contribution in [2.24, 2.45) is 0 Å². The molecule has 0 aliphatic rings. The van der Waals surface area contributed by atoms with E-state index < -0.39 is 0 Å². The summed E-state index contributed by atoms with van der Waals surface area (Å²) in [6.07, 6.45) is 0. The Kier molecular flexibility index (Phi) is 7.70. The molecule has 0 aliphatic carbocycles.